The molecule has 3 rings (SSSR count). The maximum Gasteiger partial charge on any atom is 0.257 e. The summed E-state index contributed by atoms with van der Waals surface area (Å²) in [6.07, 6.45) is 0.590. The molecule has 150 valence electrons. The second-order valence-corrected chi connectivity index (χ2v) is 7.04. The topological polar surface area (TPSA) is 60.5 Å². The van der Waals surface area contributed by atoms with E-state index in [0.29, 0.717) is 44.9 Å². The lowest BCUT2D eigenvalue weighted by atomic mass is 10.1. The second-order valence-electron chi connectivity index (χ2n) is 6.19. The molecule has 0 saturated heterocycles. The zero-order chi connectivity index (χ0) is 21.0. The van der Waals surface area contributed by atoms with Crippen molar-refractivity contribution in [2.24, 2.45) is 0 Å². The molecule has 29 heavy (non-hydrogen) atoms. The van der Waals surface area contributed by atoms with E-state index in [-0.39, 0.29) is 5.91 Å². The Balaban J connectivity index is 1.93. The van der Waals surface area contributed by atoms with Crippen LogP contribution in [0.3, 0.4) is 0 Å². The number of anilines is 1. The van der Waals surface area contributed by atoms with Gasteiger partial charge in [-0.3, -0.25) is 9.78 Å². The van der Waals surface area contributed by atoms with Crippen molar-refractivity contribution in [1.82, 2.24) is 4.98 Å². The zero-order valence-electron chi connectivity index (χ0n) is 16.3. The molecule has 0 aliphatic carbocycles. The maximum absolute atomic E-state index is 12.8. The number of aryl methyl sites for hydroxylation is 1. The van der Waals surface area contributed by atoms with Crippen LogP contribution in [0, 0.1) is 0 Å². The highest BCUT2D eigenvalue weighted by molar-refractivity contribution is 6.35. The minimum atomic E-state index is -0.294. The first-order chi connectivity index (χ1) is 14.0. The third-order valence-corrected chi connectivity index (χ3v) is 4.97. The summed E-state index contributed by atoms with van der Waals surface area (Å²) in [5.41, 5.74) is 3.21. The lowest BCUT2D eigenvalue weighted by Crippen LogP contribution is -2.15. The highest BCUT2D eigenvalue weighted by atomic mass is 35.5. The molecule has 0 aliphatic rings. The highest BCUT2D eigenvalue weighted by Crippen LogP contribution is 2.32. The lowest BCUT2D eigenvalue weighted by molar-refractivity contribution is 0.102. The molecule has 0 unspecified atom stereocenters. The minimum Gasteiger partial charge on any atom is -0.493 e. The highest BCUT2D eigenvalue weighted by Gasteiger charge is 2.16. The number of nitrogens with one attached hydrogen (secondary N) is 1. The molecule has 0 bridgehead atoms. The maximum atomic E-state index is 12.8. The molecule has 0 aliphatic heterocycles. The van der Waals surface area contributed by atoms with Gasteiger partial charge in [-0.05, 0) is 55.0 Å². The van der Waals surface area contributed by atoms with Crippen molar-refractivity contribution in [2.45, 2.75) is 13.3 Å². The molecule has 0 saturated carbocycles. The van der Waals surface area contributed by atoms with E-state index in [0.717, 1.165) is 11.3 Å². The largest absolute Gasteiger partial charge is 0.493 e. The molecule has 0 fully saturated rings. The summed E-state index contributed by atoms with van der Waals surface area (Å²) in [6.45, 7) is 1.95. The van der Waals surface area contributed by atoms with Crippen LogP contribution in [0.1, 0.15) is 23.0 Å². The molecule has 0 atom stereocenters. The number of halogens is 2. The SMILES string of the molecule is CCc1nc(-c2ccc(OC)c(OC)c2)ccc1C(=O)Nc1cc(Cl)ccc1Cl. The van der Waals surface area contributed by atoms with E-state index in [2.05, 4.69) is 10.3 Å². The first kappa shape index (κ1) is 21.0. The number of carbonyl (C=O) groups excluding carboxylic acids is 1. The summed E-state index contributed by atoms with van der Waals surface area (Å²) >= 11 is 12.1. The van der Waals surface area contributed by atoms with Gasteiger partial charge in [0.25, 0.3) is 5.91 Å². The molecule has 0 spiro atoms. The number of hydrogen-bond donors (Lipinski definition) is 1. The molecule has 1 aromatic heterocycles. The van der Waals surface area contributed by atoms with E-state index in [1.807, 2.05) is 25.1 Å². The Kier molecular flexibility index (Phi) is 6.62. The van der Waals surface area contributed by atoms with Crippen molar-refractivity contribution >= 4 is 34.8 Å². The number of aromatic nitrogens is 1. The summed E-state index contributed by atoms with van der Waals surface area (Å²) in [5, 5.41) is 3.70. The summed E-state index contributed by atoms with van der Waals surface area (Å²) in [5.74, 6) is 0.959. The molecule has 7 heteroatoms. The Morgan fingerprint density at radius 1 is 1.00 bits per heavy atom. The third kappa shape index (κ3) is 4.63. The predicted molar refractivity (Wildman–Crippen MR) is 117 cm³/mol. The Morgan fingerprint density at radius 2 is 1.76 bits per heavy atom. The van der Waals surface area contributed by atoms with Crippen molar-refractivity contribution in [3.63, 3.8) is 0 Å². The number of rotatable bonds is 6. The summed E-state index contributed by atoms with van der Waals surface area (Å²) in [7, 11) is 3.17. The smallest absolute Gasteiger partial charge is 0.257 e. The predicted octanol–water partition coefficient (Wildman–Crippen LogP) is 5.89. The number of pyridine rings is 1. The lowest BCUT2D eigenvalue weighted by Gasteiger charge is -2.13. The fourth-order valence-corrected chi connectivity index (χ4v) is 3.25. The monoisotopic (exact) mass is 430 g/mol. The molecule has 5 nitrogen and oxygen atoms in total. The molecule has 0 radical (unpaired) electrons. The average Bonchev–Trinajstić information content (AvgIpc) is 2.75. The number of hydrogen-bond acceptors (Lipinski definition) is 4. The van der Waals surface area contributed by atoms with Crippen LogP contribution >= 0.6 is 23.2 Å². The normalized spacial score (nSPS) is 10.5. The van der Waals surface area contributed by atoms with E-state index in [1.165, 1.54) is 0 Å². The number of nitrogens with zero attached hydrogens (tertiary/aromatic N) is 1. The molecule has 1 N–H and O–H groups in total. The van der Waals surface area contributed by atoms with Gasteiger partial charge in [-0.25, -0.2) is 0 Å². The van der Waals surface area contributed by atoms with Crippen LogP contribution in [0.5, 0.6) is 11.5 Å². The summed E-state index contributed by atoms with van der Waals surface area (Å²) < 4.78 is 10.6. The standard InChI is InChI=1S/C22H20Cl2N2O3/c1-4-17-15(22(27)26-19-12-14(23)6-8-16(19)24)7-9-18(25-17)13-5-10-20(28-2)21(11-13)29-3/h5-12H,4H2,1-3H3,(H,26,27). The summed E-state index contributed by atoms with van der Waals surface area (Å²) in [4.78, 5) is 17.5. The van der Waals surface area contributed by atoms with Crippen molar-refractivity contribution in [2.75, 3.05) is 19.5 Å². The van der Waals surface area contributed by atoms with E-state index in [1.54, 1.807) is 44.6 Å². The number of ether oxygens (including phenoxy) is 2. The van der Waals surface area contributed by atoms with Gasteiger partial charge < -0.3 is 14.8 Å². The summed E-state index contributed by atoms with van der Waals surface area (Å²) in [6, 6.07) is 14.0. The van der Waals surface area contributed by atoms with Gasteiger partial charge in [0, 0.05) is 10.6 Å². The average molecular weight is 431 g/mol. The fourth-order valence-electron chi connectivity index (χ4n) is 2.92. The van der Waals surface area contributed by atoms with Crippen molar-refractivity contribution in [1.29, 1.82) is 0 Å². The van der Waals surface area contributed by atoms with Gasteiger partial charge in [-0.15, -0.1) is 0 Å². The van der Waals surface area contributed by atoms with Crippen LogP contribution < -0.4 is 14.8 Å². The molecular weight excluding hydrogens is 411 g/mol. The zero-order valence-corrected chi connectivity index (χ0v) is 17.8. The van der Waals surface area contributed by atoms with Gasteiger partial charge in [-0.1, -0.05) is 30.1 Å². The Labute approximate surface area is 179 Å². The quantitative estimate of drug-likeness (QED) is 0.529. The Hall–Kier alpha value is -2.76. The third-order valence-electron chi connectivity index (χ3n) is 4.41. The van der Waals surface area contributed by atoms with Crippen molar-refractivity contribution < 1.29 is 14.3 Å². The van der Waals surface area contributed by atoms with Gasteiger partial charge in [0.1, 0.15) is 0 Å². The van der Waals surface area contributed by atoms with E-state index < -0.39 is 0 Å². The van der Waals surface area contributed by atoms with Crippen LogP contribution in [-0.4, -0.2) is 25.1 Å². The van der Waals surface area contributed by atoms with Gasteiger partial charge in [0.2, 0.25) is 0 Å². The Morgan fingerprint density at radius 3 is 2.45 bits per heavy atom. The number of methoxy groups -OCH3 is 2. The first-order valence-corrected chi connectivity index (χ1v) is 9.71. The van der Waals surface area contributed by atoms with Gasteiger partial charge in [-0.2, -0.15) is 0 Å². The van der Waals surface area contributed by atoms with Gasteiger partial charge >= 0.3 is 0 Å². The Bertz CT molecular complexity index is 1050. The molecular formula is C22H20Cl2N2O3. The number of amides is 1. The molecule has 3 aromatic rings. The first-order valence-electron chi connectivity index (χ1n) is 8.95. The van der Waals surface area contributed by atoms with Gasteiger partial charge in [0.15, 0.2) is 11.5 Å². The van der Waals surface area contributed by atoms with Crippen LogP contribution in [0.25, 0.3) is 11.3 Å². The fraction of sp³-hybridized carbons (Fsp3) is 0.182. The molecule has 2 aromatic carbocycles. The van der Waals surface area contributed by atoms with E-state index in [9.17, 15) is 4.79 Å². The van der Waals surface area contributed by atoms with Crippen LogP contribution in [0.2, 0.25) is 10.0 Å². The minimum absolute atomic E-state index is 0.294. The molecule has 1 amide bonds. The van der Waals surface area contributed by atoms with Crippen molar-refractivity contribution in [3.8, 4) is 22.8 Å². The van der Waals surface area contributed by atoms with Crippen molar-refractivity contribution in [3.05, 3.63) is 69.8 Å². The number of benzene rings is 2. The second kappa shape index (κ2) is 9.16. The number of carbonyl (C=O) groups is 1. The van der Waals surface area contributed by atoms with Crippen LogP contribution in [0.4, 0.5) is 5.69 Å². The van der Waals surface area contributed by atoms with E-state index in [4.69, 9.17) is 32.7 Å². The van der Waals surface area contributed by atoms with E-state index >= 15 is 0 Å². The van der Waals surface area contributed by atoms with Gasteiger partial charge in [0.05, 0.1) is 41.9 Å². The molecule has 1 heterocycles. The van der Waals surface area contributed by atoms with Crippen LogP contribution in [-0.2, 0) is 6.42 Å². The van der Waals surface area contributed by atoms with Crippen LogP contribution in [0.15, 0.2) is 48.5 Å².